The highest BCUT2D eigenvalue weighted by Gasteiger charge is 2.62. The molecule has 3 fully saturated rings. The van der Waals surface area contributed by atoms with E-state index in [1.54, 1.807) is 0 Å². The lowest BCUT2D eigenvalue weighted by molar-refractivity contribution is -0.229. The number of aryl methyl sites for hydroxylation is 1. The average Bonchev–Trinajstić information content (AvgIpc) is 3.08. The quantitative estimate of drug-likeness (QED) is 0.873. The molecule has 3 heterocycles. The van der Waals surface area contributed by atoms with E-state index >= 15 is 0 Å². The minimum absolute atomic E-state index is 0.279. The maximum absolute atomic E-state index is 13.1. The molecule has 0 spiro atoms. The summed E-state index contributed by atoms with van der Waals surface area (Å²) in [4.78, 5) is 13.1. The molecule has 1 amide bonds. The predicted molar refractivity (Wildman–Crippen MR) is 97.0 cm³/mol. The smallest absolute Gasteiger partial charge is 0.256 e. The SMILES string of the molecule is CCc1ccccc1NC(=O)[C@@H]1O[C@@H]2OC(C)(C)O[C@@H]2[C@H]2OC(C)(C)O[C@@H]21. The standard InChI is InChI=1S/C20H27NO6/c1-6-11-9-7-8-10-12(11)21-17(22)15-13-14(25-19(2,3)24-13)16-18(23-15)27-20(4,5)26-16/h7-10,13-16,18H,6H2,1-5H3,(H,21,22)/t13-,14-,15+,16+,18+/m0/s1. The van der Waals surface area contributed by atoms with Crippen LogP contribution in [0.1, 0.15) is 40.2 Å². The Hall–Kier alpha value is -1.51. The first kappa shape index (κ1) is 18.8. The fraction of sp³-hybridized carbons (Fsp3) is 0.650. The van der Waals surface area contributed by atoms with Crippen molar-refractivity contribution >= 4 is 11.6 Å². The van der Waals surface area contributed by atoms with Crippen LogP contribution in [0.15, 0.2) is 24.3 Å². The molecule has 3 aliphatic heterocycles. The Morgan fingerprint density at radius 3 is 2.33 bits per heavy atom. The van der Waals surface area contributed by atoms with Crippen molar-refractivity contribution in [2.75, 3.05) is 5.32 Å². The van der Waals surface area contributed by atoms with Crippen LogP contribution in [0.2, 0.25) is 0 Å². The summed E-state index contributed by atoms with van der Waals surface area (Å²) < 4.78 is 29.9. The normalized spacial score (nSPS) is 36.1. The zero-order valence-electron chi connectivity index (χ0n) is 16.4. The number of para-hydroxylation sites is 1. The van der Waals surface area contributed by atoms with E-state index in [0.717, 1.165) is 17.7 Å². The second-order valence-corrected chi connectivity index (χ2v) is 8.09. The van der Waals surface area contributed by atoms with Crippen LogP contribution in [0.5, 0.6) is 0 Å². The van der Waals surface area contributed by atoms with Crippen molar-refractivity contribution in [3.05, 3.63) is 29.8 Å². The summed E-state index contributed by atoms with van der Waals surface area (Å²) >= 11 is 0. The number of hydrogen-bond donors (Lipinski definition) is 1. The molecule has 7 nitrogen and oxygen atoms in total. The van der Waals surface area contributed by atoms with Crippen LogP contribution in [0.25, 0.3) is 0 Å². The number of ether oxygens (including phenoxy) is 5. The van der Waals surface area contributed by atoms with Crippen molar-refractivity contribution in [2.45, 2.75) is 83.3 Å². The largest absolute Gasteiger partial charge is 0.342 e. The highest BCUT2D eigenvalue weighted by molar-refractivity contribution is 5.95. The lowest BCUT2D eigenvalue weighted by Gasteiger charge is -2.36. The number of amides is 1. The van der Waals surface area contributed by atoms with Crippen molar-refractivity contribution < 1.29 is 28.5 Å². The van der Waals surface area contributed by atoms with Crippen LogP contribution in [0.3, 0.4) is 0 Å². The monoisotopic (exact) mass is 377 g/mol. The van der Waals surface area contributed by atoms with Gasteiger partial charge in [-0.3, -0.25) is 4.79 Å². The van der Waals surface area contributed by atoms with Gasteiger partial charge in [0.15, 0.2) is 24.0 Å². The molecule has 3 saturated heterocycles. The fourth-order valence-corrected chi connectivity index (χ4v) is 3.98. The molecule has 3 aliphatic rings. The van der Waals surface area contributed by atoms with Gasteiger partial charge in [0.1, 0.15) is 18.3 Å². The summed E-state index contributed by atoms with van der Waals surface area (Å²) in [6.07, 6.45) is -2.20. The first-order chi connectivity index (χ1) is 12.7. The number of benzene rings is 1. The van der Waals surface area contributed by atoms with Gasteiger partial charge in [0, 0.05) is 5.69 Å². The van der Waals surface area contributed by atoms with Gasteiger partial charge in [-0.05, 0) is 45.7 Å². The molecule has 0 radical (unpaired) electrons. The molecule has 1 aromatic rings. The van der Waals surface area contributed by atoms with Crippen LogP contribution in [0, 0.1) is 0 Å². The molecular formula is C20H27NO6. The molecule has 1 N–H and O–H groups in total. The van der Waals surface area contributed by atoms with Crippen LogP contribution in [-0.4, -0.2) is 48.2 Å². The Bertz CT molecular complexity index is 733. The molecule has 0 bridgehead atoms. The molecule has 148 valence electrons. The van der Waals surface area contributed by atoms with E-state index in [4.69, 9.17) is 23.7 Å². The van der Waals surface area contributed by atoms with Crippen molar-refractivity contribution in [3.63, 3.8) is 0 Å². The first-order valence-electron chi connectivity index (χ1n) is 9.44. The Morgan fingerprint density at radius 1 is 0.963 bits per heavy atom. The molecule has 0 unspecified atom stereocenters. The molecule has 4 rings (SSSR count). The topological polar surface area (TPSA) is 75.3 Å². The van der Waals surface area contributed by atoms with Crippen molar-refractivity contribution in [1.82, 2.24) is 0 Å². The van der Waals surface area contributed by atoms with E-state index in [-0.39, 0.29) is 5.91 Å². The number of carbonyl (C=O) groups excluding carboxylic acids is 1. The Balaban J connectivity index is 1.59. The molecular weight excluding hydrogens is 350 g/mol. The van der Waals surface area contributed by atoms with E-state index in [2.05, 4.69) is 5.32 Å². The molecule has 5 atom stereocenters. The lowest BCUT2D eigenvalue weighted by atomic mass is 9.98. The summed E-state index contributed by atoms with van der Waals surface area (Å²) in [6.45, 7) is 9.32. The number of nitrogens with one attached hydrogen (secondary N) is 1. The summed E-state index contributed by atoms with van der Waals surface area (Å²) in [6, 6.07) is 7.72. The van der Waals surface area contributed by atoms with Gasteiger partial charge < -0.3 is 29.0 Å². The second-order valence-electron chi connectivity index (χ2n) is 8.09. The Morgan fingerprint density at radius 2 is 1.59 bits per heavy atom. The zero-order chi connectivity index (χ0) is 19.4. The molecule has 0 saturated carbocycles. The average molecular weight is 377 g/mol. The van der Waals surface area contributed by atoms with Crippen LogP contribution >= 0.6 is 0 Å². The second kappa shape index (κ2) is 6.53. The van der Waals surface area contributed by atoms with Crippen LogP contribution < -0.4 is 5.32 Å². The van der Waals surface area contributed by atoms with Crippen LogP contribution in [0.4, 0.5) is 5.69 Å². The summed E-state index contributed by atoms with van der Waals surface area (Å²) in [7, 11) is 0. The number of rotatable bonds is 3. The molecule has 0 aromatic heterocycles. The third-order valence-electron chi connectivity index (χ3n) is 5.07. The molecule has 1 aromatic carbocycles. The first-order valence-corrected chi connectivity index (χ1v) is 9.44. The predicted octanol–water partition coefficient (Wildman–Crippen LogP) is 2.58. The maximum atomic E-state index is 13.1. The summed E-state index contributed by atoms with van der Waals surface area (Å²) in [5.74, 6) is -1.92. The van der Waals surface area contributed by atoms with Gasteiger partial charge in [0.25, 0.3) is 5.91 Å². The Labute approximate surface area is 159 Å². The summed E-state index contributed by atoms with van der Waals surface area (Å²) in [5, 5.41) is 2.98. The van der Waals surface area contributed by atoms with E-state index in [9.17, 15) is 4.79 Å². The number of anilines is 1. The number of carbonyl (C=O) groups is 1. The van der Waals surface area contributed by atoms with E-state index < -0.39 is 42.3 Å². The highest BCUT2D eigenvalue weighted by Crippen LogP contribution is 2.44. The molecule has 7 heteroatoms. The fourth-order valence-electron chi connectivity index (χ4n) is 3.98. The van der Waals surface area contributed by atoms with Gasteiger partial charge in [0.2, 0.25) is 0 Å². The number of fused-ring (bicyclic) bond motifs is 3. The van der Waals surface area contributed by atoms with E-state index in [0.29, 0.717) is 0 Å². The highest BCUT2D eigenvalue weighted by atomic mass is 16.9. The van der Waals surface area contributed by atoms with Crippen molar-refractivity contribution in [3.8, 4) is 0 Å². The van der Waals surface area contributed by atoms with Gasteiger partial charge in [-0.1, -0.05) is 25.1 Å². The zero-order valence-corrected chi connectivity index (χ0v) is 16.4. The molecule has 27 heavy (non-hydrogen) atoms. The third kappa shape index (κ3) is 3.50. The summed E-state index contributed by atoms with van der Waals surface area (Å²) in [5.41, 5.74) is 1.83. The van der Waals surface area contributed by atoms with Gasteiger partial charge in [0.05, 0.1) is 0 Å². The Kier molecular flexibility index (Phi) is 4.56. The van der Waals surface area contributed by atoms with Crippen molar-refractivity contribution in [1.29, 1.82) is 0 Å². The minimum Gasteiger partial charge on any atom is -0.342 e. The van der Waals surface area contributed by atoms with Gasteiger partial charge in [-0.2, -0.15) is 0 Å². The molecule has 0 aliphatic carbocycles. The minimum atomic E-state index is -0.861. The van der Waals surface area contributed by atoms with Crippen LogP contribution in [-0.2, 0) is 34.9 Å². The number of hydrogen-bond acceptors (Lipinski definition) is 6. The van der Waals surface area contributed by atoms with E-state index in [1.165, 1.54) is 0 Å². The van der Waals surface area contributed by atoms with E-state index in [1.807, 2.05) is 58.9 Å². The van der Waals surface area contributed by atoms with Gasteiger partial charge in [-0.25, -0.2) is 0 Å². The van der Waals surface area contributed by atoms with Gasteiger partial charge in [-0.15, -0.1) is 0 Å². The lowest BCUT2D eigenvalue weighted by Crippen LogP contribution is -2.58. The van der Waals surface area contributed by atoms with Gasteiger partial charge >= 0.3 is 0 Å². The third-order valence-corrected chi connectivity index (χ3v) is 5.07. The maximum Gasteiger partial charge on any atom is 0.256 e. The van der Waals surface area contributed by atoms with Crippen molar-refractivity contribution in [2.24, 2.45) is 0 Å².